The first-order chi connectivity index (χ1) is 13.8. The number of benzene rings is 1. The first kappa shape index (κ1) is 16.6. The zero-order valence-electron chi connectivity index (χ0n) is 14.7. The van der Waals surface area contributed by atoms with Gasteiger partial charge in [-0.2, -0.15) is 0 Å². The average molecular weight is 381 g/mol. The molecule has 4 heterocycles. The van der Waals surface area contributed by atoms with Gasteiger partial charge in [0.05, 0.1) is 18.7 Å². The molecule has 0 amide bonds. The number of hydrogen-bond acceptors (Lipinski definition) is 8. The van der Waals surface area contributed by atoms with E-state index in [1.165, 1.54) is 12.1 Å². The molecule has 0 bridgehead atoms. The van der Waals surface area contributed by atoms with Gasteiger partial charge in [0.25, 0.3) is 0 Å². The highest BCUT2D eigenvalue weighted by molar-refractivity contribution is 5.88. The van der Waals surface area contributed by atoms with E-state index in [0.29, 0.717) is 24.7 Å². The van der Waals surface area contributed by atoms with E-state index < -0.39 is 0 Å². The SMILES string of the molecule is Fc1ccc(-c2nnc(Nc3nc4c(N5CCOCC5)nccc4[nH]3)o2)cc1. The Balaban J connectivity index is 1.40. The molecular formula is C18H16FN7O2. The van der Waals surface area contributed by atoms with Gasteiger partial charge in [-0.15, -0.1) is 5.10 Å². The molecule has 1 fully saturated rings. The van der Waals surface area contributed by atoms with Gasteiger partial charge in [0.2, 0.25) is 11.8 Å². The van der Waals surface area contributed by atoms with E-state index in [9.17, 15) is 4.39 Å². The van der Waals surface area contributed by atoms with Crippen LogP contribution in [0.15, 0.2) is 40.9 Å². The third-order valence-corrected chi connectivity index (χ3v) is 4.43. The number of aromatic amines is 1. The quantitative estimate of drug-likeness (QED) is 0.556. The van der Waals surface area contributed by atoms with Crippen molar-refractivity contribution < 1.29 is 13.5 Å². The number of hydrogen-bond donors (Lipinski definition) is 2. The second-order valence-corrected chi connectivity index (χ2v) is 6.26. The van der Waals surface area contributed by atoms with E-state index in [1.807, 2.05) is 6.07 Å². The van der Waals surface area contributed by atoms with Crippen molar-refractivity contribution in [2.45, 2.75) is 0 Å². The molecule has 10 heteroatoms. The first-order valence-corrected chi connectivity index (χ1v) is 8.80. The van der Waals surface area contributed by atoms with E-state index in [4.69, 9.17) is 9.15 Å². The summed E-state index contributed by atoms with van der Waals surface area (Å²) in [6.07, 6.45) is 1.74. The molecule has 0 spiro atoms. The van der Waals surface area contributed by atoms with E-state index in [2.05, 4.69) is 35.4 Å². The molecule has 0 radical (unpaired) electrons. The van der Waals surface area contributed by atoms with Crippen LogP contribution in [0.5, 0.6) is 0 Å². The maximum absolute atomic E-state index is 13.1. The number of imidazole rings is 1. The summed E-state index contributed by atoms with van der Waals surface area (Å²) in [6, 6.07) is 7.87. The van der Waals surface area contributed by atoms with Gasteiger partial charge in [0, 0.05) is 24.8 Å². The zero-order chi connectivity index (χ0) is 18.9. The summed E-state index contributed by atoms with van der Waals surface area (Å²) in [5, 5.41) is 10.9. The normalized spacial score (nSPS) is 14.5. The lowest BCUT2D eigenvalue weighted by molar-refractivity contribution is 0.122. The summed E-state index contributed by atoms with van der Waals surface area (Å²) in [6.45, 7) is 2.88. The number of aromatic nitrogens is 5. The average Bonchev–Trinajstić information content (AvgIpc) is 3.36. The molecule has 0 saturated carbocycles. The Morgan fingerprint density at radius 1 is 1.07 bits per heavy atom. The molecule has 142 valence electrons. The summed E-state index contributed by atoms with van der Waals surface area (Å²) in [5.41, 5.74) is 2.23. The van der Waals surface area contributed by atoms with Crippen LogP contribution in [0.4, 0.5) is 22.2 Å². The third kappa shape index (κ3) is 3.14. The van der Waals surface area contributed by atoms with Crippen molar-refractivity contribution >= 4 is 28.8 Å². The van der Waals surface area contributed by atoms with E-state index in [0.717, 1.165) is 29.9 Å². The van der Waals surface area contributed by atoms with Crippen molar-refractivity contribution in [3.63, 3.8) is 0 Å². The summed E-state index contributed by atoms with van der Waals surface area (Å²) < 4.78 is 24.1. The number of morpholine rings is 1. The summed E-state index contributed by atoms with van der Waals surface area (Å²) in [4.78, 5) is 14.4. The highest BCUT2D eigenvalue weighted by Crippen LogP contribution is 2.26. The molecule has 3 aromatic heterocycles. The van der Waals surface area contributed by atoms with Gasteiger partial charge in [0.15, 0.2) is 5.82 Å². The molecule has 0 unspecified atom stereocenters. The molecule has 1 aliphatic rings. The maximum Gasteiger partial charge on any atom is 0.322 e. The number of rotatable bonds is 4. The monoisotopic (exact) mass is 381 g/mol. The van der Waals surface area contributed by atoms with E-state index in [1.54, 1.807) is 18.3 Å². The van der Waals surface area contributed by atoms with Crippen LogP contribution in [0, 0.1) is 5.82 Å². The van der Waals surface area contributed by atoms with Crippen molar-refractivity contribution in [3.8, 4) is 11.5 Å². The number of pyridine rings is 1. The molecular weight excluding hydrogens is 365 g/mol. The molecule has 1 aromatic carbocycles. The number of H-pyrrole nitrogens is 1. The predicted molar refractivity (Wildman–Crippen MR) is 99.9 cm³/mol. The first-order valence-electron chi connectivity index (χ1n) is 8.80. The Kier molecular flexibility index (Phi) is 4.09. The number of halogens is 1. The van der Waals surface area contributed by atoms with Gasteiger partial charge in [-0.05, 0) is 30.3 Å². The summed E-state index contributed by atoms with van der Waals surface area (Å²) >= 11 is 0. The second-order valence-electron chi connectivity index (χ2n) is 6.26. The minimum absolute atomic E-state index is 0.180. The highest BCUT2D eigenvalue weighted by atomic mass is 19.1. The van der Waals surface area contributed by atoms with Crippen LogP contribution < -0.4 is 10.2 Å². The van der Waals surface area contributed by atoms with Crippen LogP contribution in [0.2, 0.25) is 0 Å². The lowest BCUT2D eigenvalue weighted by atomic mass is 10.2. The molecule has 4 aromatic rings. The van der Waals surface area contributed by atoms with E-state index >= 15 is 0 Å². The summed E-state index contributed by atoms with van der Waals surface area (Å²) in [5.74, 6) is 1.23. The number of nitrogens with one attached hydrogen (secondary N) is 2. The minimum atomic E-state index is -0.325. The van der Waals surface area contributed by atoms with Crippen molar-refractivity contribution in [1.82, 2.24) is 25.1 Å². The molecule has 1 saturated heterocycles. The fourth-order valence-electron chi connectivity index (χ4n) is 3.07. The van der Waals surface area contributed by atoms with Crippen molar-refractivity contribution in [2.24, 2.45) is 0 Å². The molecule has 0 aliphatic carbocycles. The predicted octanol–water partition coefficient (Wildman–Crippen LogP) is 2.73. The van der Waals surface area contributed by atoms with Crippen LogP contribution >= 0.6 is 0 Å². The fourth-order valence-corrected chi connectivity index (χ4v) is 3.07. The lowest BCUT2D eigenvalue weighted by Gasteiger charge is -2.27. The zero-order valence-corrected chi connectivity index (χ0v) is 14.7. The number of anilines is 3. The van der Waals surface area contributed by atoms with E-state index in [-0.39, 0.29) is 17.7 Å². The molecule has 0 atom stereocenters. The fraction of sp³-hybridized carbons (Fsp3) is 0.222. The maximum atomic E-state index is 13.1. The van der Waals surface area contributed by atoms with Crippen molar-refractivity contribution in [2.75, 3.05) is 36.5 Å². The smallest absolute Gasteiger partial charge is 0.322 e. The topological polar surface area (TPSA) is 105 Å². The van der Waals surface area contributed by atoms with Gasteiger partial charge < -0.3 is 19.0 Å². The standard InChI is InChI=1S/C18H16FN7O2/c19-12-3-1-11(2-4-12)16-24-25-18(28-16)23-17-21-13-5-6-20-15(14(13)22-17)26-7-9-27-10-8-26/h1-6H,7-10H2,(H2,21,22,23,25). The number of ether oxygens (including phenoxy) is 1. The van der Waals surface area contributed by atoms with Crippen LogP contribution in [0.1, 0.15) is 0 Å². The Bertz CT molecular complexity index is 1100. The lowest BCUT2D eigenvalue weighted by Crippen LogP contribution is -2.36. The highest BCUT2D eigenvalue weighted by Gasteiger charge is 2.18. The summed E-state index contributed by atoms with van der Waals surface area (Å²) in [7, 11) is 0. The van der Waals surface area contributed by atoms with Crippen molar-refractivity contribution in [3.05, 3.63) is 42.3 Å². The van der Waals surface area contributed by atoms with Crippen LogP contribution in [0.3, 0.4) is 0 Å². The third-order valence-electron chi connectivity index (χ3n) is 4.43. The Morgan fingerprint density at radius 3 is 2.71 bits per heavy atom. The van der Waals surface area contributed by atoms with Gasteiger partial charge in [-0.25, -0.2) is 14.4 Å². The molecule has 28 heavy (non-hydrogen) atoms. The Morgan fingerprint density at radius 2 is 1.89 bits per heavy atom. The van der Waals surface area contributed by atoms with Gasteiger partial charge in [-0.1, -0.05) is 5.10 Å². The number of fused-ring (bicyclic) bond motifs is 1. The van der Waals surface area contributed by atoms with Crippen LogP contribution in [0.25, 0.3) is 22.5 Å². The molecule has 5 rings (SSSR count). The van der Waals surface area contributed by atoms with Crippen LogP contribution in [-0.4, -0.2) is 51.5 Å². The van der Waals surface area contributed by atoms with Gasteiger partial charge in [-0.3, -0.25) is 5.32 Å². The van der Waals surface area contributed by atoms with Gasteiger partial charge >= 0.3 is 6.01 Å². The van der Waals surface area contributed by atoms with Crippen LogP contribution in [-0.2, 0) is 4.74 Å². The molecule has 2 N–H and O–H groups in total. The number of nitrogens with zero attached hydrogens (tertiary/aromatic N) is 5. The molecule has 9 nitrogen and oxygen atoms in total. The van der Waals surface area contributed by atoms with Gasteiger partial charge in [0.1, 0.15) is 11.3 Å². The molecule has 1 aliphatic heterocycles. The van der Waals surface area contributed by atoms with Crippen molar-refractivity contribution in [1.29, 1.82) is 0 Å². The Labute approximate surface area is 158 Å². The second kappa shape index (κ2) is 6.89. The minimum Gasteiger partial charge on any atom is -0.403 e. The largest absolute Gasteiger partial charge is 0.403 e. The Hall–Kier alpha value is -3.53.